The van der Waals surface area contributed by atoms with Gasteiger partial charge >= 0.3 is 0 Å². The van der Waals surface area contributed by atoms with Crippen molar-refractivity contribution in [3.63, 3.8) is 0 Å². The summed E-state index contributed by atoms with van der Waals surface area (Å²) in [6.45, 7) is 7.93. The van der Waals surface area contributed by atoms with Gasteiger partial charge in [0.05, 0.1) is 23.8 Å². The smallest absolute Gasteiger partial charge is 0.244 e. The molecule has 0 radical (unpaired) electrons. The van der Waals surface area contributed by atoms with Crippen LogP contribution in [0.3, 0.4) is 0 Å². The lowest BCUT2D eigenvalue weighted by Crippen LogP contribution is -2.44. The topological polar surface area (TPSA) is 72.9 Å². The Hall–Kier alpha value is -1.63. The molecule has 2 amide bonds. The summed E-state index contributed by atoms with van der Waals surface area (Å²) in [5.74, 6) is -0.437. The SMILES string of the molecule is CN(CC(=O)Nc1ccccc1Cl)C(=O)CN(CCCO)CC(C)(C)C. The van der Waals surface area contributed by atoms with E-state index in [1.807, 2.05) is 4.90 Å². The van der Waals surface area contributed by atoms with Crippen molar-refractivity contribution in [2.75, 3.05) is 45.2 Å². The van der Waals surface area contributed by atoms with E-state index in [0.29, 0.717) is 23.7 Å². The van der Waals surface area contributed by atoms with Gasteiger partial charge in [-0.2, -0.15) is 0 Å². The maximum atomic E-state index is 12.5. The van der Waals surface area contributed by atoms with Crippen molar-refractivity contribution in [3.8, 4) is 0 Å². The Bertz CT molecular complexity index is 602. The number of nitrogens with zero attached hydrogens (tertiary/aromatic N) is 2. The molecule has 26 heavy (non-hydrogen) atoms. The summed E-state index contributed by atoms with van der Waals surface area (Å²) in [4.78, 5) is 28.0. The lowest BCUT2D eigenvalue weighted by atomic mass is 9.96. The highest BCUT2D eigenvalue weighted by atomic mass is 35.5. The van der Waals surface area contributed by atoms with E-state index in [4.69, 9.17) is 16.7 Å². The second-order valence-corrected chi connectivity index (χ2v) is 8.03. The Labute approximate surface area is 161 Å². The van der Waals surface area contributed by atoms with Gasteiger partial charge in [0, 0.05) is 26.7 Å². The molecule has 0 atom stereocenters. The molecule has 6 nitrogen and oxygen atoms in total. The Kier molecular flexibility index (Phi) is 9.05. The zero-order valence-electron chi connectivity index (χ0n) is 16.1. The van der Waals surface area contributed by atoms with Gasteiger partial charge < -0.3 is 15.3 Å². The molecule has 0 saturated carbocycles. The van der Waals surface area contributed by atoms with E-state index in [0.717, 1.165) is 6.54 Å². The minimum atomic E-state index is -0.299. The Morgan fingerprint density at radius 2 is 1.85 bits per heavy atom. The van der Waals surface area contributed by atoms with Gasteiger partial charge in [0.1, 0.15) is 0 Å². The summed E-state index contributed by atoms with van der Waals surface area (Å²) in [7, 11) is 1.61. The Balaban J connectivity index is 2.58. The number of nitrogens with one attached hydrogen (secondary N) is 1. The average Bonchev–Trinajstić information content (AvgIpc) is 2.53. The highest BCUT2D eigenvalue weighted by Crippen LogP contribution is 2.20. The summed E-state index contributed by atoms with van der Waals surface area (Å²) in [5, 5.41) is 12.2. The van der Waals surface area contributed by atoms with Crippen LogP contribution in [-0.2, 0) is 9.59 Å². The number of rotatable bonds is 9. The van der Waals surface area contributed by atoms with E-state index in [1.54, 1.807) is 31.3 Å². The van der Waals surface area contributed by atoms with Gasteiger partial charge in [0.25, 0.3) is 0 Å². The molecular formula is C19H30ClN3O3. The van der Waals surface area contributed by atoms with Crippen molar-refractivity contribution in [2.24, 2.45) is 5.41 Å². The predicted molar refractivity (Wildman–Crippen MR) is 105 cm³/mol. The average molecular weight is 384 g/mol. The molecule has 0 unspecified atom stereocenters. The molecule has 0 spiro atoms. The number of halogens is 1. The van der Waals surface area contributed by atoms with Crippen LogP contribution in [0.4, 0.5) is 5.69 Å². The number of carbonyl (C=O) groups is 2. The van der Waals surface area contributed by atoms with E-state index >= 15 is 0 Å². The molecular weight excluding hydrogens is 354 g/mol. The number of hydrogen-bond acceptors (Lipinski definition) is 4. The van der Waals surface area contributed by atoms with E-state index in [2.05, 4.69) is 26.1 Å². The van der Waals surface area contributed by atoms with E-state index < -0.39 is 0 Å². The summed E-state index contributed by atoms with van der Waals surface area (Å²) >= 11 is 6.02. The first-order valence-electron chi connectivity index (χ1n) is 8.74. The first kappa shape index (κ1) is 22.4. The van der Waals surface area contributed by atoms with Crippen LogP contribution < -0.4 is 5.32 Å². The van der Waals surface area contributed by atoms with Gasteiger partial charge in [0.2, 0.25) is 11.8 Å². The minimum absolute atomic E-state index is 0.0374. The van der Waals surface area contributed by atoms with Crippen LogP contribution in [0.15, 0.2) is 24.3 Å². The molecule has 1 rings (SSSR count). The zero-order chi connectivity index (χ0) is 19.7. The minimum Gasteiger partial charge on any atom is -0.396 e. The van der Waals surface area contributed by atoms with Gasteiger partial charge in [0.15, 0.2) is 0 Å². The fourth-order valence-corrected chi connectivity index (χ4v) is 2.73. The summed E-state index contributed by atoms with van der Waals surface area (Å²) < 4.78 is 0. The van der Waals surface area contributed by atoms with Crippen LogP contribution in [0.5, 0.6) is 0 Å². The number of carbonyl (C=O) groups excluding carboxylic acids is 2. The second kappa shape index (κ2) is 10.5. The fourth-order valence-electron chi connectivity index (χ4n) is 2.55. The molecule has 1 aromatic rings. The molecule has 2 N–H and O–H groups in total. The third-order valence-corrected chi connectivity index (χ3v) is 3.97. The number of benzene rings is 1. The van der Waals surface area contributed by atoms with E-state index in [1.165, 1.54) is 4.90 Å². The van der Waals surface area contributed by atoms with Crippen molar-refractivity contribution in [1.82, 2.24) is 9.80 Å². The van der Waals surface area contributed by atoms with Gasteiger partial charge in [-0.1, -0.05) is 44.5 Å². The van der Waals surface area contributed by atoms with Crippen molar-refractivity contribution in [1.29, 1.82) is 0 Å². The van der Waals surface area contributed by atoms with Crippen LogP contribution in [0.2, 0.25) is 5.02 Å². The third-order valence-electron chi connectivity index (χ3n) is 3.64. The van der Waals surface area contributed by atoms with Crippen molar-refractivity contribution in [3.05, 3.63) is 29.3 Å². The van der Waals surface area contributed by atoms with Gasteiger partial charge in [-0.3, -0.25) is 14.5 Å². The van der Waals surface area contributed by atoms with E-state index in [-0.39, 0.29) is 36.9 Å². The van der Waals surface area contributed by atoms with Crippen molar-refractivity contribution >= 4 is 29.1 Å². The largest absolute Gasteiger partial charge is 0.396 e. The normalized spacial score (nSPS) is 11.5. The number of likely N-dealkylation sites (N-methyl/N-ethyl adjacent to an activating group) is 1. The highest BCUT2D eigenvalue weighted by Gasteiger charge is 2.21. The molecule has 0 aliphatic rings. The molecule has 1 aromatic carbocycles. The lowest BCUT2D eigenvalue weighted by Gasteiger charge is -2.30. The number of para-hydroxylation sites is 1. The summed E-state index contributed by atoms with van der Waals surface area (Å²) in [6, 6.07) is 6.96. The predicted octanol–water partition coefficient (Wildman–Crippen LogP) is 2.47. The molecule has 0 heterocycles. The first-order valence-corrected chi connectivity index (χ1v) is 9.12. The molecule has 0 fully saturated rings. The number of hydrogen-bond donors (Lipinski definition) is 2. The number of aliphatic hydroxyl groups excluding tert-OH is 1. The second-order valence-electron chi connectivity index (χ2n) is 7.63. The third kappa shape index (κ3) is 8.65. The van der Waals surface area contributed by atoms with Gasteiger partial charge in [-0.15, -0.1) is 0 Å². The van der Waals surface area contributed by atoms with Gasteiger partial charge in [-0.05, 0) is 24.0 Å². The molecule has 0 aliphatic carbocycles. The van der Waals surface area contributed by atoms with Crippen LogP contribution in [-0.4, -0.2) is 66.6 Å². The highest BCUT2D eigenvalue weighted by molar-refractivity contribution is 6.33. The first-order chi connectivity index (χ1) is 12.1. The van der Waals surface area contributed by atoms with Crippen LogP contribution >= 0.6 is 11.6 Å². The summed E-state index contributed by atoms with van der Waals surface area (Å²) in [5.41, 5.74) is 0.563. The molecule has 0 bridgehead atoms. The number of anilines is 1. The molecule has 146 valence electrons. The summed E-state index contributed by atoms with van der Waals surface area (Å²) in [6.07, 6.45) is 0.611. The molecule has 0 saturated heterocycles. The fraction of sp³-hybridized carbons (Fsp3) is 0.579. The van der Waals surface area contributed by atoms with Crippen LogP contribution in [0, 0.1) is 5.41 Å². The van der Waals surface area contributed by atoms with Gasteiger partial charge in [-0.25, -0.2) is 0 Å². The van der Waals surface area contributed by atoms with Crippen molar-refractivity contribution in [2.45, 2.75) is 27.2 Å². The molecule has 0 aliphatic heterocycles. The van der Waals surface area contributed by atoms with Crippen molar-refractivity contribution < 1.29 is 14.7 Å². The monoisotopic (exact) mass is 383 g/mol. The van der Waals surface area contributed by atoms with Crippen LogP contribution in [0.25, 0.3) is 0 Å². The lowest BCUT2D eigenvalue weighted by molar-refractivity contribution is -0.134. The molecule has 0 aromatic heterocycles. The number of amides is 2. The molecule has 7 heteroatoms. The Morgan fingerprint density at radius 3 is 2.42 bits per heavy atom. The Morgan fingerprint density at radius 1 is 1.19 bits per heavy atom. The maximum absolute atomic E-state index is 12.5. The van der Waals surface area contributed by atoms with E-state index in [9.17, 15) is 9.59 Å². The number of aliphatic hydroxyl groups is 1. The quantitative estimate of drug-likeness (QED) is 0.687. The zero-order valence-corrected chi connectivity index (χ0v) is 16.8. The van der Waals surface area contributed by atoms with Crippen LogP contribution in [0.1, 0.15) is 27.2 Å². The standard InChI is InChI=1S/C19H30ClN3O3/c1-19(2,3)14-23(10-7-11-24)13-18(26)22(4)12-17(25)21-16-9-6-5-8-15(16)20/h5-6,8-9,24H,7,10-14H2,1-4H3,(H,21,25). The maximum Gasteiger partial charge on any atom is 0.244 e.